The van der Waals surface area contributed by atoms with E-state index in [-0.39, 0.29) is 49.2 Å². The number of amides is 2. The maximum absolute atomic E-state index is 12.8. The van der Waals surface area contributed by atoms with Gasteiger partial charge in [-0.2, -0.15) is 0 Å². The van der Waals surface area contributed by atoms with Gasteiger partial charge in [-0.1, -0.05) is 11.6 Å². The van der Waals surface area contributed by atoms with Crippen LogP contribution in [0.1, 0.15) is 39.5 Å². The van der Waals surface area contributed by atoms with Crippen molar-refractivity contribution in [1.29, 1.82) is 0 Å². The summed E-state index contributed by atoms with van der Waals surface area (Å²) in [5.74, 6) is 0.654. The van der Waals surface area contributed by atoms with E-state index in [2.05, 4.69) is 5.32 Å². The molecule has 0 aliphatic carbocycles. The van der Waals surface area contributed by atoms with Crippen LogP contribution in [0.25, 0.3) is 0 Å². The Bertz CT molecular complexity index is 1300. The summed E-state index contributed by atoms with van der Waals surface area (Å²) in [5.41, 5.74) is 0.805. The summed E-state index contributed by atoms with van der Waals surface area (Å²) in [7, 11) is 0. The Balaban J connectivity index is 1.25. The number of halogens is 1. The summed E-state index contributed by atoms with van der Waals surface area (Å²) in [6.07, 6.45) is 1.93. The molecule has 1 atom stereocenters. The number of benzene rings is 2. The highest BCUT2D eigenvalue weighted by Gasteiger charge is 2.28. The first-order valence-electron chi connectivity index (χ1n) is 11.9. The molecule has 2 aliphatic rings. The van der Waals surface area contributed by atoms with Gasteiger partial charge in [0, 0.05) is 23.7 Å². The molecule has 1 aromatic heterocycles. The number of hydrogen-bond acceptors (Lipinski definition) is 7. The van der Waals surface area contributed by atoms with Crippen LogP contribution in [0.2, 0.25) is 5.02 Å². The third-order valence-electron chi connectivity index (χ3n) is 6.12. The van der Waals surface area contributed by atoms with Gasteiger partial charge in [-0.25, -0.2) is 0 Å². The third kappa shape index (κ3) is 5.95. The Labute approximate surface area is 218 Å². The van der Waals surface area contributed by atoms with Crippen LogP contribution in [0.4, 0.5) is 5.69 Å². The van der Waals surface area contributed by atoms with Crippen LogP contribution in [0, 0.1) is 0 Å². The van der Waals surface area contributed by atoms with E-state index in [4.69, 9.17) is 30.2 Å². The number of carbonyl (C=O) groups excluding carboxylic acids is 3. The predicted octanol–water partition coefficient (Wildman–Crippen LogP) is 4.03. The average molecular weight is 525 g/mol. The Kier molecular flexibility index (Phi) is 7.43. The van der Waals surface area contributed by atoms with E-state index in [1.165, 1.54) is 4.90 Å². The molecule has 10 heteroatoms. The molecule has 1 fully saturated rings. The number of nitrogens with one attached hydrogen (secondary N) is 1. The molecular weight excluding hydrogens is 500 g/mol. The molecule has 0 saturated carbocycles. The van der Waals surface area contributed by atoms with Crippen molar-refractivity contribution in [3.63, 3.8) is 0 Å². The first kappa shape index (κ1) is 24.9. The molecule has 9 nitrogen and oxygen atoms in total. The lowest BCUT2D eigenvalue weighted by atomic mass is 10.1. The largest absolute Gasteiger partial charge is 0.485 e. The molecule has 1 saturated heterocycles. The molecular formula is C27H25ClN2O7. The zero-order chi connectivity index (χ0) is 25.8. The van der Waals surface area contributed by atoms with Crippen LogP contribution in [0.3, 0.4) is 0 Å². The number of ketones is 1. The molecule has 2 aromatic carbocycles. The van der Waals surface area contributed by atoms with E-state index in [0.29, 0.717) is 46.7 Å². The summed E-state index contributed by atoms with van der Waals surface area (Å²) >= 11 is 5.88. The lowest BCUT2D eigenvalue weighted by Crippen LogP contribution is -2.38. The quantitative estimate of drug-likeness (QED) is 0.421. The minimum atomic E-state index is -0.343. The Morgan fingerprint density at radius 3 is 2.73 bits per heavy atom. The summed E-state index contributed by atoms with van der Waals surface area (Å²) in [6, 6.07) is 14.8. The zero-order valence-corrected chi connectivity index (χ0v) is 20.7. The topological polar surface area (TPSA) is 107 Å². The van der Waals surface area contributed by atoms with Crippen molar-refractivity contribution in [3.05, 3.63) is 76.7 Å². The van der Waals surface area contributed by atoms with Crippen molar-refractivity contribution < 1.29 is 33.0 Å². The number of Topliss-reactive ketones (excluding diaryl/α,β-unsaturated/α-hetero) is 1. The highest BCUT2D eigenvalue weighted by atomic mass is 35.5. The molecule has 3 aromatic rings. The molecule has 3 heterocycles. The Morgan fingerprint density at radius 1 is 1.11 bits per heavy atom. The number of rotatable bonds is 9. The highest BCUT2D eigenvalue weighted by Crippen LogP contribution is 2.34. The molecule has 2 aliphatic heterocycles. The molecule has 5 rings (SSSR count). The van der Waals surface area contributed by atoms with Crippen molar-refractivity contribution in [3.8, 4) is 11.5 Å². The maximum Gasteiger partial charge on any atom is 0.287 e. The second kappa shape index (κ2) is 11.1. The molecule has 2 amide bonds. The molecule has 1 unspecified atom stereocenters. The SMILES string of the molecule is O=C(COc1ccc(Cl)cc1)c1ccc2c(c1)N(Cc1ccc(C(=O)NCC3CCCO3)o1)C(=O)CO2. The van der Waals surface area contributed by atoms with E-state index < -0.39 is 0 Å². The van der Waals surface area contributed by atoms with Gasteiger partial charge >= 0.3 is 0 Å². The van der Waals surface area contributed by atoms with E-state index >= 15 is 0 Å². The van der Waals surface area contributed by atoms with Crippen molar-refractivity contribution in [2.75, 3.05) is 31.3 Å². The minimum absolute atomic E-state index is 0.0225. The standard InChI is InChI=1S/C27H25ClN2O7/c28-18-4-6-19(7-5-18)35-15-23(31)17-3-9-24-22(12-17)30(26(32)16-36-24)14-21-8-10-25(37-21)27(33)29-13-20-2-1-11-34-20/h3-10,12,20H,1-2,11,13-16H2,(H,29,33). The van der Waals surface area contributed by atoms with Crippen molar-refractivity contribution >= 4 is 34.9 Å². The number of furan rings is 1. The maximum atomic E-state index is 12.8. The van der Waals surface area contributed by atoms with Gasteiger partial charge in [0.2, 0.25) is 0 Å². The second-order valence-electron chi connectivity index (χ2n) is 8.73. The van der Waals surface area contributed by atoms with Crippen LogP contribution >= 0.6 is 11.6 Å². The Morgan fingerprint density at radius 2 is 1.95 bits per heavy atom. The smallest absolute Gasteiger partial charge is 0.287 e. The van der Waals surface area contributed by atoms with Crippen molar-refractivity contribution in [1.82, 2.24) is 5.32 Å². The van der Waals surface area contributed by atoms with Gasteiger partial charge in [0.15, 0.2) is 24.8 Å². The van der Waals surface area contributed by atoms with Gasteiger partial charge in [0.05, 0.1) is 18.3 Å². The monoisotopic (exact) mass is 524 g/mol. The van der Waals surface area contributed by atoms with Crippen LogP contribution in [-0.4, -0.2) is 50.1 Å². The molecule has 0 radical (unpaired) electrons. The number of ether oxygens (including phenoxy) is 3. The lowest BCUT2D eigenvalue weighted by molar-refractivity contribution is -0.121. The van der Waals surface area contributed by atoms with E-state index in [1.807, 2.05) is 0 Å². The normalized spacial score (nSPS) is 16.7. The predicted molar refractivity (Wildman–Crippen MR) is 134 cm³/mol. The third-order valence-corrected chi connectivity index (χ3v) is 6.37. The van der Waals surface area contributed by atoms with Crippen molar-refractivity contribution in [2.45, 2.75) is 25.5 Å². The number of nitrogens with zero attached hydrogens (tertiary/aromatic N) is 1. The fraction of sp³-hybridized carbons (Fsp3) is 0.296. The van der Waals surface area contributed by atoms with Gasteiger partial charge in [0.25, 0.3) is 11.8 Å². The fourth-order valence-electron chi connectivity index (χ4n) is 4.15. The first-order valence-corrected chi connectivity index (χ1v) is 12.3. The van der Waals surface area contributed by atoms with E-state index in [1.54, 1.807) is 54.6 Å². The summed E-state index contributed by atoms with van der Waals surface area (Å²) < 4.78 is 22.3. The summed E-state index contributed by atoms with van der Waals surface area (Å²) in [5, 5.41) is 3.39. The molecule has 0 spiro atoms. The van der Waals surface area contributed by atoms with Crippen molar-refractivity contribution in [2.24, 2.45) is 0 Å². The summed E-state index contributed by atoms with van der Waals surface area (Å²) in [4.78, 5) is 39.4. The van der Waals surface area contributed by atoms with Gasteiger partial charge in [0.1, 0.15) is 17.3 Å². The zero-order valence-electron chi connectivity index (χ0n) is 19.9. The van der Waals surface area contributed by atoms with Gasteiger partial charge in [-0.05, 0) is 67.4 Å². The number of hydrogen-bond donors (Lipinski definition) is 1. The van der Waals surface area contributed by atoms with Gasteiger partial charge in [-0.15, -0.1) is 0 Å². The molecule has 192 valence electrons. The minimum Gasteiger partial charge on any atom is -0.485 e. The van der Waals surface area contributed by atoms with Crippen LogP contribution < -0.4 is 19.7 Å². The van der Waals surface area contributed by atoms with Crippen LogP contribution in [0.15, 0.2) is 59.0 Å². The molecule has 1 N–H and O–H groups in total. The average Bonchev–Trinajstić information content (AvgIpc) is 3.61. The molecule has 37 heavy (non-hydrogen) atoms. The summed E-state index contributed by atoms with van der Waals surface area (Å²) in [6.45, 7) is 0.881. The van der Waals surface area contributed by atoms with Gasteiger partial charge in [-0.3, -0.25) is 19.3 Å². The lowest BCUT2D eigenvalue weighted by Gasteiger charge is -2.29. The second-order valence-corrected chi connectivity index (χ2v) is 9.16. The Hall–Kier alpha value is -3.82. The van der Waals surface area contributed by atoms with E-state index in [0.717, 1.165) is 12.8 Å². The molecule has 0 bridgehead atoms. The first-order chi connectivity index (χ1) is 18.0. The fourth-order valence-corrected chi connectivity index (χ4v) is 4.28. The number of carbonyl (C=O) groups is 3. The van der Waals surface area contributed by atoms with Gasteiger partial charge < -0.3 is 23.9 Å². The van der Waals surface area contributed by atoms with E-state index in [9.17, 15) is 14.4 Å². The van der Waals surface area contributed by atoms with Crippen LogP contribution in [-0.2, 0) is 16.1 Å². The van der Waals surface area contributed by atoms with Crippen LogP contribution in [0.5, 0.6) is 11.5 Å². The highest BCUT2D eigenvalue weighted by molar-refractivity contribution is 6.30. The number of fused-ring (bicyclic) bond motifs is 1. The number of anilines is 1.